The summed E-state index contributed by atoms with van der Waals surface area (Å²) in [5, 5.41) is 7.43. The van der Waals surface area contributed by atoms with E-state index in [0.717, 1.165) is 16.7 Å². The van der Waals surface area contributed by atoms with Crippen molar-refractivity contribution < 1.29 is 13.2 Å². The Morgan fingerprint density at radius 3 is 2.33 bits per heavy atom. The highest BCUT2D eigenvalue weighted by molar-refractivity contribution is 8.13. The standard InChI is InChI=1S/C13H16ClN3O3S/c1-9-6-10(2)8-11(7-9)12-15-16-13(21(14,18)19)17(12)4-5-20-3/h6-8H,4-5H2,1-3H3. The van der Waals surface area contributed by atoms with Gasteiger partial charge < -0.3 is 4.74 Å². The van der Waals surface area contributed by atoms with Crippen LogP contribution in [0.5, 0.6) is 0 Å². The van der Waals surface area contributed by atoms with Crippen molar-refractivity contribution in [3.05, 3.63) is 29.3 Å². The highest BCUT2D eigenvalue weighted by Gasteiger charge is 2.23. The Morgan fingerprint density at radius 1 is 1.19 bits per heavy atom. The molecule has 0 aliphatic carbocycles. The lowest BCUT2D eigenvalue weighted by atomic mass is 10.1. The molecular weight excluding hydrogens is 314 g/mol. The number of aromatic nitrogens is 3. The number of methoxy groups -OCH3 is 1. The summed E-state index contributed by atoms with van der Waals surface area (Å²) in [4.78, 5) is 0. The maximum Gasteiger partial charge on any atom is 0.296 e. The van der Waals surface area contributed by atoms with E-state index in [1.165, 1.54) is 11.7 Å². The van der Waals surface area contributed by atoms with Crippen LogP contribution >= 0.6 is 10.7 Å². The van der Waals surface area contributed by atoms with Crippen LogP contribution in [0.3, 0.4) is 0 Å². The zero-order chi connectivity index (χ0) is 15.6. The second-order valence-corrected chi connectivity index (χ2v) is 7.22. The van der Waals surface area contributed by atoms with Crippen molar-refractivity contribution in [1.82, 2.24) is 14.8 Å². The molecule has 0 radical (unpaired) electrons. The van der Waals surface area contributed by atoms with Crippen molar-refractivity contribution in [3.63, 3.8) is 0 Å². The molecule has 114 valence electrons. The SMILES string of the molecule is COCCn1c(-c2cc(C)cc(C)c2)nnc1S(=O)(=O)Cl. The molecule has 0 amide bonds. The second-order valence-electron chi connectivity index (χ2n) is 4.76. The topological polar surface area (TPSA) is 74.1 Å². The zero-order valence-corrected chi connectivity index (χ0v) is 13.6. The maximum atomic E-state index is 11.6. The van der Waals surface area contributed by atoms with Crippen LogP contribution in [0, 0.1) is 13.8 Å². The van der Waals surface area contributed by atoms with Gasteiger partial charge in [0.05, 0.1) is 13.2 Å². The van der Waals surface area contributed by atoms with Crippen LogP contribution in [0.2, 0.25) is 0 Å². The molecule has 0 fully saturated rings. The van der Waals surface area contributed by atoms with Gasteiger partial charge in [-0.05, 0) is 26.0 Å². The number of halogens is 1. The molecule has 0 saturated carbocycles. The molecule has 0 unspecified atom stereocenters. The van der Waals surface area contributed by atoms with E-state index in [-0.39, 0.29) is 5.16 Å². The normalized spacial score (nSPS) is 11.8. The van der Waals surface area contributed by atoms with E-state index in [0.29, 0.717) is 19.0 Å². The average molecular weight is 330 g/mol. The third kappa shape index (κ3) is 3.61. The number of benzene rings is 1. The monoisotopic (exact) mass is 329 g/mol. The average Bonchev–Trinajstić information content (AvgIpc) is 2.78. The van der Waals surface area contributed by atoms with E-state index in [2.05, 4.69) is 10.2 Å². The van der Waals surface area contributed by atoms with Crippen LogP contribution in [-0.2, 0) is 20.3 Å². The Morgan fingerprint density at radius 2 is 1.81 bits per heavy atom. The highest BCUT2D eigenvalue weighted by Crippen LogP contribution is 2.24. The van der Waals surface area contributed by atoms with Gasteiger partial charge in [0, 0.05) is 23.4 Å². The number of ether oxygens (including phenoxy) is 1. The molecule has 1 aromatic heterocycles. The first kappa shape index (κ1) is 15.9. The fraction of sp³-hybridized carbons (Fsp3) is 0.385. The first-order valence-electron chi connectivity index (χ1n) is 6.28. The third-order valence-corrected chi connectivity index (χ3v) is 4.09. The minimum Gasteiger partial charge on any atom is -0.383 e. The van der Waals surface area contributed by atoms with Gasteiger partial charge in [-0.3, -0.25) is 4.57 Å². The van der Waals surface area contributed by atoms with Gasteiger partial charge in [-0.1, -0.05) is 17.2 Å². The van der Waals surface area contributed by atoms with E-state index in [9.17, 15) is 8.42 Å². The van der Waals surface area contributed by atoms with Crippen LogP contribution in [0.4, 0.5) is 0 Å². The second kappa shape index (κ2) is 6.13. The first-order valence-corrected chi connectivity index (χ1v) is 8.59. The molecule has 0 N–H and O–H groups in total. The Kier molecular flexibility index (Phi) is 4.65. The lowest BCUT2D eigenvalue weighted by Crippen LogP contribution is -2.11. The lowest BCUT2D eigenvalue weighted by Gasteiger charge is -2.09. The quantitative estimate of drug-likeness (QED) is 0.786. The minimum absolute atomic E-state index is 0.268. The highest BCUT2D eigenvalue weighted by atomic mass is 35.7. The molecule has 8 heteroatoms. The molecule has 1 heterocycles. The van der Waals surface area contributed by atoms with Gasteiger partial charge in [-0.25, -0.2) is 8.42 Å². The van der Waals surface area contributed by atoms with E-state index in [1.807, 2.05) is 32.0 Å². The van der Waals surface area contributed by atoms with Gasteiger partial charge >= 0.3 is 0 Å². The van der Waals surface area contributed by atoms with E-state index < -0.39 is 9.05 Å². The van der Waals surface area contributed by atoms with Crippen LogP contribution in [0.25, 0.3) is 11.4 Å². The van der Waals surface area contributed by atoms with E-state index in [1.54, 1.807) is 0 Å². The molecule has 0 bridgehead atoms. The van der Waals surface area contributed by atoms with Gasteiger partial charge in [0.15, 0.2) is 5.82 Å². The molecule has 0 atom stereocenters. The molecule has 0 saturated heterocycles. The molecule has 0 aliphatic rings. The van der Waals surface area contributed by atoms with Gasteiger partial charge in [-0.2, -0.15) is 0 Å². The van der Waals surface area contributed by atoms with Crippen molar-refractivity contribution in [1.29, 1.82) is 0 Å². The molecule has 21 heavy (non-hydrogen) atoms. The number of rotatable bonds is 5. The summed E-state index contributed by atoms with van der Waals surface area (Å²) in [5.41, 5.74) is 2.91. The minimum atomic E-state index is -3.97. The Labute approximate surface area is 128 Å². The van der Waals surface area contributed by atoms with Gasteiger partial charge in [0.2, 0.25) is 0 Å². The van der Waals surface area contributed by atoms with Gasteiger partial charge in [0.25, 0.3) is 14.2 Å². The summed E-state index contributed by atoms with van der Waals surface area (Å²) in [5.74, 6) is 0.457. The smallest absolute Gasteiger partial charge is 0.296 e. The molecule has 0 aliphatic heterocycles. The molecule has 2 aromatic rings. The van der Waals surface area contributed by atoms with Crippen LogP contribution in [-0.4, -0.2) is 36.9 Å². The van der Waals surface area contributed by atoms with E-state index in [4.69, 9.17) is 15.4 Å². The zero-order valence-electron chi connectivity index (χ0n) is 12.0. The Balaban J connectivity index is 2.60. The van der Waals surface area contributed by atoms with Crippen molar-refractivity contribution >= 4 is 19.7 Å². The Bertz CT molecular complexity index is 736. The summed E-state index contributed by atoms with van der Waals surface area (Å²) in [6, 6.07) is 5.87. The third-order valence-electron chi connectivity index (χ3n) is 2.93. The van der Waals surface area contributed by atoms with Crippen LogP contribution in [0.1, 0.15) is 11.1 Å². The lowest BCUT2D eigenvalue weighted by molar-refractivity contribution is 0.185. The molecule has 6 nitrogen and oxygen atoms in total. The van der Waals surface area contributed by atoms with Crippen molar-refractivity contribution in [3.8, 4) is 11.4 Å². The largest absolute Gasteiger partial charge is 0.383 e. The summed E-state index contributed by atoms with van der Waals surface area (Å²) in [7, 11) is 2.99. The Hall–Kier alpha value is -1.44. The summed E-state index contributed by atoms with van der Waals surface area (Å²) >= 11 is 0. The first-order chi connectivity index (χ1) is 9.82. The summed E-state index contributed by atoms with van der Waals surface area (Å²) < 4.78 is 29.7. The number of aryl methyl sites for hydroxylation is 2. The fourth-order valence-corrected chi connectivity index (χ4v) is 3.09. The molecular formula is C13H16ClN3O3S. The van der Waals surface area contributed by atoms with Crippen molar-refractivity contribution in [2.45, 2.75) is 25.5 Å². The molecule has 1 aromatic carbocycles. The van der Waals surface area contributed by atoms with Gasteiger partial charge in [0.1, 0.15) is 0 Å². The van der Waals surface area contributed by atoms with Crippen molar-refractivity contribution in [2.75, 3.05) is 13.7 Å². The van der Waals surface area contributed by atoms with Gasteiger partial charge in [-0.15, -0.1) is 10.2 Å². The number of nitrogens with zero attached hydrogens (tertiary/aromatic N) is 3. The van der Waals surface area contributed by atoms with Crippen LogP contribution in [0.15, 0.2) is 23.4 Å². The summed E-state index contributed by atoms with van der Waals surface area (Å²) in [6.45, 7) is 4.56. The maximum absolute atomic E-state index is 11.6. The summed E-state index contributed by atoms with van der Waals surface area (Å²) in [6.07, 6.45) is 0. The van der Waals surface area contributed by atoms with E-state index >= 15 is 0 Å². The molecule has 2 rings (SSSR count). The molecule has 0 spiro atoms. The number of hydrogen-bond donors (Lipinski definition) is 0. The fourth-order valence-electron chi connectivity index (χ4n) is 2.17. The predicted molar refractivity (Wildman–Crippen MR) is 79.8 cm³/mol. The number of hydrogen-bond acceptors (Lipinski definition) is 5. The van der Waals surface area contributed by atoms with Crippen molar-refractivity contribution in [2.24, 2.45) is 0 Å². The van der Waals surface area contributed by atoms with Crippen LogP contribution < -0.4 is 0 Å². The predicted octanol–water partition coefficient (Wildman–Crippen LogP) is 2.14.